The summed E-state index contributed by atoms with van der Waals surface area (Å²) >= 11 is 12.6. The molecule has 0 atom stereocenters. The maximum absolute atomic E-state index is 12.7. The van der Waals surface area contributed by atoms with Gasteiger partial charge in [0.1, 0.15) is 18.8 Å². The SMILES string of the molecule is CC(C)C1=CC(Oc2c(Cl)cc(C3=NN(CC(F)F)C(=O)CC3=O)cc2Cl)=NCC1=O. The summed E-state index contributed by atoms with van der Waals surface area (Å²) in [6.07, 6.45) is -1.89. The molecule has 0 spiro atoms. The number of amides is 1. The number of ether oxygens (including phenoxy) is 1. The van der Waals surface area contributed by atoms with Crippen molar-refractivity contribution >= 4 is 52.3 Å². The molecule has 11 heteroatoms. The van der Waals surface area contributed by atoms with Gasteiger partial charge in [-0.2, -0.15) is 5.10 Å². The number of ketones is 2. The Morgan fingerprint density at radius 2 is 1.77 bits per heavy atom. The summed E-state index contributed by atoms with van der Waals surface area (Å²) in [5, 5.41) is 4.33. The van der Waals surface area contributed by atoms with Crippen molar-refractivity contribution in [3.05, 3.63) is 39.4 Å². The second-order valence-corrected chi connectivity index (χ2v) is 7.93. The summed E-state index contributed by atoms with van der Waals surface area (Å²) in [6.45, 7) is 2.74. The number of carbonyl (C=O) groups excluding carboxylic acids is 3. The van der Waals surface area contributed by atoms with Gasteiger partial charge in [0.25, 0.3) is 12.3 Å². The Kier molecular flexibility index (Phi) is 6.86. The normalized spacial score (nSPS) is 17.2. The van der Waals surface area contributed by atoms with Crippen molar-refractivity contribution < 1.29 is 27.9 Å². The van der Waals surface area contributed by atoms with Crippen molar-refractivity contribution in [2.24, 2.45) is 16.0 Å². The van der Waals surface area contributed by atoms with Gasteiger partial charge in [-0.25, -0.2) is 18.8 Å². The summed E-state index contributed by atoms with van der Waals surface area (Å²) in [7, 11) is 0. The highest BCUT2D eigenvalue weighted by Crippen LogP contribution is 2.35. The number of Topliss-reactive ketones (excluding diaryl/α,β-unsaturated/α-hetero) is 2. The monoisotopic (exact) mass is 471 g/mol. The average Bonchev–Trinajstić information content (AvgIpc) is 2.67. The molecule has 0 saturated carbocycles. The number of hydrogen-bond acceptors (Lipinski definition) is 6. The van der Waals surface area contributed by atoms with Gasteiger partial charge < -0.3 is 4.74 Å². The van der Waals surface area contributed by atoms with Crippen LogP contribution in [0.5, 0.6) is 5.75 Å². The first-order valence-corrected chi connectivity index (χ1v) is 9.99. The van der Waals surface area contributed by atoms with Gasteiger partial charge in [-0.15, -0.1) is 0 Å². The maximum Gasteiger partial charge on any atom is 0.258 e. The first-order chi connectivity index (χ1) is 14.6. The fourth-order valence-corrected chi connectivity index (χ4v) is 3.55. The highest BCUT2D eigenvalue weighted by Gasteiger charge is 2.31. The number of halogens is 4. The lowest BCUT2D eigenvalue weighted by molar-refractivity contribution is -0.137. The van der Waals surface area contributed by atoms with Crippen LogP contribution in [0.3, 0.4) is 0 Å². The Hall–Kier alpha value is -2.65. The van der Waals surface area contributed by atoms with Gasteiger partial charge in [0.2, 0.25) is 5.90 Å². The molecule has 0 fully saturated rings. The lowest BCUT2D eigenvalue weighted by atomic mass is 9.97. The van der Waals surface area contributed by atoms with Crippen molar-refractivity contribution in [1.29, 1.82) is 0 Å². The van der Waals surface area contributed by atoms with E-state index in [4.69, 9.17) is 27.9 Å². The van der Waals surface area contributed by atoms with E-state index in [0.29, 0.717) is 10.6 Å². The molecule has 0 unspecified atom stereocenters. The Morgan fingerprint density at radius 3 is 2.35 bits per heavy atom. The lowest BCUT2D eigenvalue weighted by Gasteiger charge is -2.23. The number of rotatable bonds is 5. The Labute approximate surface area is 186 Å². The minimum absolute atomic E-state index is 0.00871. The van der Waals surface area contributed by atoms with E-state index in [0.717, 1.165) is 0 Å². The Morgan fingerprint density at radius 1 is 1.13 bits per heavy atom. The topological polar surface area (TPSA) is 88.4 Å². The highest BCUT2D eigenvalue weighted by atomic mass is 35.5. The van der Waals surface area contributed by atoms with E-state index in [1.54, 1.807) is 0 Å². The zero-order chi connectivity index (χ0) is 22.9. The number of hydrogen-bond donors (Lipinski definition) is 0. The molecule has 164 valence electrons. The van der Waals surface area contributed by atoms with Crippen LogP contribution in [-0.4, -0.2) is 53.6 Å². The first-order valence-electron chi connectivity index (χ1n) is 9.23. The van der Waals surface area contributed by atoms with Gasteiger partial charge in [0.15, 0.2) is 17.3 Å². The molecule has 7 nitrogen and oxygen atoms in total. The van der Waals surface area contributed by atoms with Crippen LogP contribution >= 0.6 is 23.2 Å². The summed E-state index contributed by atoms with van der Waals surface area (Å²) in [4.78, 5) is 40.0. The van der Waals surface area contributed by atoms with Gasteiger partial charge in [-0.05, 0) is 18.1 Å². The fourth-order valence-electron chi connectivity index (χ4n) is 2.99. The molecule has 1 aromatic carbocycles. The van der Waals surface area contributed by atoms with Crippen LogP contribution in [0.15, 0.2) is 33.9 Å². The number of dihydropyridines is 1. The van der Waals surface area contributed by atoms with Crippen molar-refractivity contribution in [3.8, 4) is 5.75 Å². The largest absolute Gasteiger partial charge is 0.436 e. The van der Waals surface area contributed by atoms with E-state index < -0.39 is 31.1 Å². The van der Waals surface area contributed by atoms with Gasteiger partial charge in [-0.3, -0.25) is 14.4 Å². The molecule has 0 N–H and O–H groups in total. The molecule has 1 amide bonds. The molecule has 0 radical (unpaired) electrons. The van der Waals surface area contributed by atoms with Crippen LogP contribution in [0, 0.1) is 5.92 Å². The second-order valence-electron chi connectivity index (χ2n) is 7.12. The number of alkyl halides is 2. The molecule has 0 aliphatic carbocycles. The predicted molar refractivity (Wildman–Crippen MR) is 111 cm³/mol. The molecule has 0 bridgehead atoms. The van der Waals surface area contributed by atoms with Crippen LogP contribution < -0.4 is 4.74 Å². The van der Waals surface area contributed by atoms with Crippen LogP contribution in [-0.2, 0) is 14.4 Å². The molecule has 2 aliphatic rings. The van der Waals surface area contributed by atoms with E-state index in [9.17, 15) is 23.2 Å². The van der Waals surface area contributed by atoms with Crippen LogP contribution in [0.2, 0.25) is 10.0 Å². The van der Waals surface area contributed by atoms with Crippen molar-refractivity contribution in [2.75, 3.05) is 13.1 Å². The molecule has 2 heterocycles. The van der Waals surface area contributed by atoms with E-state index >= 15 is 0 Å². The van der Waals surface area contributed by atoms with Gasteiger partial charge in [0.05, 0.1) is 16.5 Å². The second kappa shape index (κ2) is 9.23. The van der Waals surface area contributed by atoms with Crippen molar-refractivity contribution in [2.45, 2.75) is 26.7 Å². The first kappa shape index (κ1) is 23.0. The minimum atomic E-state index is -2.81. The quantitative estimate of drug-likeness (QED) is 0.612. The summed E-state index contributed by atoms with van der Waals surface area (Å²) < 4.78 is 31.0. The van der Waals surface area contributed by atoms with Crippen LogP contribution in [0.4, 0.5) is 8.78 Å². The molecule has 2 aliphatic heterocycles. The number of benzene rings is 1. The van der Waals surface area contributed by atoms with E-state index in [1.165, 1.54) is 18.2 Å². The summed E-state index contributed by atoms with van der Waals surface area (Å²) in [6, 6.07) is 2.66. The third kappa shape index (κ3) is 5.16. The number of hydrazone groups is 1. The highest BCUT2D eigenvalue weighted by molar-refractivity contribution is 6.50. The van der Waals surface area contributed by atoms with E-state index in [-0.39, 0.29) is 51.2 Å². The molecule has 1 aromatic rings. The van der Waals surface area contributed by atoms with Crippen molar-refractivity contribution in [3.63, 3.8) is 0 Å². The van der Waals surface area contributed by atoms with Gasteiger partial charge in [0, 0.05) is 17.2 Å². The summed E-state index contributed by atoms with van der Waals surface area (Å²) in [5.41, 5.74) is 0.497. The third-order valence-electron chi connectivity index (χ3n) is 4.48. The Bertz CT molecular complexity index is 1030. The number of nitrogens with zero attached hydrogens (tertiary/aromatic N) is 3. The molecule has 0 saturated heterocycles. The molecular formula is C20H17Cl2F2N3O4. The van der Waals surface area contributed by atoms with E-state index in [1.807, 2.05) is 13.8 Å². The smallest absolute Gasteiger partial charge is 0.258 e. The van der Waals surface area contributed by atoms with E-state index in [2.05, 4.69) is 10.1 Å². The van der Waals surface area contributed by atoms with Crippen LogP contribution in [0.25, 0.3) is 0 Å². The van der Waals surface area contributed by atoms with Crippen molar-refractivity contribution in [1.82, 2.24) is 5.01 Å². The average molecular weight is 472 g/mol. The fraction of sp³-hybridized carbons (Fsp3) is 0.350. The Balaban J connectivity index is 1.91. The zero-order valence-corrected chi connectivity index (χ0v) is 18.0. The predicted octanol–water partition coefficient (Wildman–Crippen LogP) is 3.71. The van der Waals surface area contributed by atoms with Gasteiger partial charge >= 0.3 is 0 Å². The number of aliphatic imine (C=N–C) groups is 1. The lowest BCUT2D eigenvalue weighted by Crippen LogP contribution is -2.39. The van der Waals surface area contributed by atoms with Gasteiger partial charge in [-0.1, -0.05) is 37.0 Å². The maximum atomic E-state index is 12.7. The molecular weight excluding hydrogens is 455 g/mol. The zero-order valence-electron chi connectivity index (χ0n) is 16.5. The standard InChI is InChI=1S/C20H17Cl2F2N3O4/c1-9(2)11-5-17(25-7-15(11)29)31-20-12(21)3-10(4-13(20)22)19-14(28)6-18(30)27(26-19)8-16(23)24/h3-5,9,16H,6-8H2,1-2H3. The van der Waals surface area contributed by atoms with Crippen LogP contribution in [0.1, 0.15) is 25.8 Å². The number of carbonyl (C=O) groups is 3. The molecule has 0 aromatic heterocycles. The molecule has 31 heavy (non-hydrogen) atoms. The minimum Gasteiger partial charge on any atom is -0.436 e. The summed E-state index contributed by atoms with van der Waals surface area (Å²) in [5.74, 6) is -1.39. The molecule has 3 rings (SSSR count). The third-order valence-corrected chi connectivity index (χ3v) is 5.04.